The predicted octanol–water partition coefficient (Wildman–Crippen LogP) is 6.54. The Morgan fingerprint density at radius 3 is 2.11 bits per heavy atom. The number of halogens is 3. The molecule has 6 N–H and O–H groups in total. The van der Waals surface area contributed by atoms with Crippen molar-refractivity contribution in [3.05, 3.63) is 72.0 Å². The molecule has 1 amide bonds. The molecule has 0 bridgehead atoms. The van der Waals surface area contributed by atoms with E-state index in [1.165, 1.54) is 0 Å². The van der Waals surface area contributed by atoms with Crippen LogP contribution in [-0.4, -0.2) is 81.6 Å². The number of aromatic hydroxyl groups is 1. The number of rotatable bonds is 13. The van der Waals surface area contributed by atoms with E-state index in [0.29, 0.717) is 18.3 Å². The molecule has 290 valence electrons. The second kappa shape index (κ2) is 16.4. The summed E-state index contributed by atoms with van der Waals surface area (Å²) in [5.74, 6) is -1.94. The third kappa shape index (κ3) is 9.53. The van der Waals surface area contributed by atoms with Gasteiger partial charge in [0.2, 0.25) is 23.1 Å². The van der Waals surface area contributed by atoms with Gasteiger partial charge in [-0.3, -0.25) is 18.5 Å². The van der Waals surface area contributed by atoms with Crippen LogP contribution in [0, 0.1) is 0 Å². The number of phenols is 1. The van der Waals surface area contributed by atoms with Crippen molar-refractivity contribution in [3.8, 4) is 5.75 Å². The molecule has 0 radical (unpaired) electrons. The van der Waals surface area contributed by atoms with Crippen molar-refractivity contribution in [1.29, 1.82) is 0 Å². The summed E-state index contributed by atoms with van der Waals surface area (Å²) >= 11 is 12.5. The highest BCUT2D eigenvalue weighted by Gasteiger charge is 2.28. The van der Waals surface area contributed by atoms with E-state index in [-0.39, 0.29) is 33.9 Å². The Morgan fingerprint density at radius 1 is 0.873 bits per heavy atom. The van der Waals surface area contributed by atoms with Crippen molar-refractivity contribution >= 4 is 131 Å². The smallest absolute Gasteiger partial charge is 0.296 e. The number of anilines is 5. The van der Waals surface area contributed by atoms with Gasteiger partial charge >= 0.3 is 0 Å². The van der Waals surface area contributed by atoms with Crippen molar-refractivity contribution in [2.75, 3.05) is 27.4 Å². The standard InChI is InChI=1S/C30H25Br2ClN8O11S3/c1-2-41(16-6-4-3-5-7-16)30-37-28(33)36-29(38-30)35-19-9-11-21(53(44,45)46)17-13-23(55(50,51)52)25(26(42)24(17)19)40-39-20-12-15(34-27(43)18(32)14-31)8-10-22(20)54(47,48)49/h3-13,18,42H,2,14H2,1H3,(H,34,43)(H,44,45,46)(H,47,48,49)(H,50,51,52)(H,35,36,37,38). The van der Waals surface area contributed by atoms with Crippen LogP contribution >= 0.6 is 43.5 Å². The third-order valence-electron chi connectivity index (χ3n) is 7.38. The van der Waals surface area contributed by atoms with Crippen LogP contribution in [0.5, 0.6) is 5.75 Å². The highest BCUT2D eigenvalue weighted by Crippen LogP contribution is 2.47. The van der Waals surface area contributed by atoms with E-state index in [4.69, 9.17) is 11.6 Å². The Kier molecular flexibility index (Phi) is 12.4. The molecule has 5 rings (SSSR count). The highest BCUT2D eigenvalue weighted by atomic mass is 79.9. The molecule has 25 heteroatoms. The van der Waals surface area contributed by atoms with Crippen LogP contribution in [0.25, 0.3) is 10.8 Å². The van der Waals surface area contributed by atoms with E-state index in [1.54, 1.807) is 35.2 Å². The van der Waals surface area contributed by atoms with Gasteiger partial charge in [0.25, 0.3) is 30.4 Å². The molecule has 1 heterocycles. The number of fused-ring (bicyclic) bond motifs is 1. The van der Waals surface area contributed by atoms with E-state index in [9.17, 15) is 48.8 Å². The van der Waals surface area contributed by atoms with Gasteiger partial charge in [-0.15, -0.1) is 10.2 Å². The molecular formula is C30H25Br2ClN8O11S3. The molecule has 0 saturated heterocycles. The number of hydrogen-bond donors (Lipinski definition) is 6. The van der Waals surface area contributed by atoms with Crippen molar-refractivity contribution in [2.45, 2.75) is 26.4 Å². The minimum absolute atomic E-state index is 0.0527. The summed E-state index contributed by atoms with van der Waals surface area (Å²) in [6, 6.07) is 14.3. The van der Waals surface area contributed by atoms with Crippen LogP contribution in [0.2, 0.25) is 5.28 Å². The molecule has 55 heavy (non-hydrogen) atoms. The summed E-state index contributed by atoms with van der Waals surface area (Å²) in [5.41, 5.74) is -1.33. The predicted molar refractivity (Wildman–Crippen MR) is 208 cm³/mol. The van der Waals surface area contributed by atoms with Gasteiger partial charge in [0.15, 0.2) is 5.75 Å². The summed E-state index contributed by atoms with van der Waals surface area (Å²) in [6.45, 7) is 2.18. The molecular weight excluding hydrogens is 940 g/mol. The summed E-state index contributed by atoms with van der Waals surface area (Å²) < 4.78 is 105. The number of para-hydroxylation sites is 1. The minimum atomic E-state index is -5.41. The summed E-state index contributed by atoms with van der Waals surface area (Å²) in [5, 5.41) is 23.0. The fourth-order valence-corrected chi connectivity index (χ4v) is 7.52. The van der Waals surface area contributed by atoms with Crippen LogP contribution in [0.4, 0.5) is 40.3 Å². The highest BCUT2D eigenvalue weighted by molar-refractivity contribution is 9.12. The van der Waals surface area contributed by atoms with Gasteiger partial charge < -0.3 is 20.6 Å². The maximum Gasteiger partial charge on any atom is 0.296 e. The van der Waals surface area contributed by atoms with E-state index in [2.05, 4.69) is 67.7 Å². The Bertz CT molecular complexity index is 2700. The number of carbonyl (C=O) groups is 1. The molecule has 0 aliphatic rings. The van der Waals surface area contributed by atoms with Crippen LogP contribution in [-0.2, 0) is 35.1 Å². The summed E-state index contributed by atoms with van der Waals surface area (Å²) in [7, 11) is -15.6. The quantitative estimate of drug-likeness (QED) is 0.0415. The second-order valence-electron chi connectivity index (χ2n) is 11.0. The number of benzene rings is 4. The first-order valence-electron chi connectivity index (χ1n) is 15.1. The van der Waals surface area contributed by atoms with Gasteiger partial charge in [-0.25, -0.2) is 0 Å². The molecule has 1 aromatic heterocycles. The molecule has 1 atom stereocenters. The Hall–Kier alpha value is -4.40. The molecule has 0 saturated carbocycles. The van der Waals surface area contributed by atoms with E-state index in [1.807, 2.05) is 6.92 Å². The first kappa shape index (κ1) is 41.8. The first-order chi connectivity index (χ1) is 25.7. The van der Waals surface area contributed by atoms with Crippen LogP contribution in [0.1, 0.15) is 6.92 Å². The van der Waals surface area contributed by atoms with Crippen LogP contribution in [0.15, 0.2) is 91.6 Å². The van der Waals surface area contributed by atoms with Gasteiger partial charge in [0.05, 0.1) is 11.1 Å². The van der Waals surface area contributed by atoms with Crippen molar-refractivity contribution < 1.29 is 48.8 Å². The molecule has 1 unspecified atom stereocenters. The lowest BCUT2D eigenvalue weighted by atomic mass is 10.1. The maximum absolute atomic E-state index is 12.7. The molecule has 0 spiro atoms. The first-order valence-corrected chi connectivity index (χ1v) is 21.8. The van der Waals surface area contributed by atoms with Crippen LogP contribution < -0.4 is 15.5 Å². The largest absolute Gasteiger partial charge is 0.505 e. The fourth-order valence-electron chi connectivity index (χ4n) is 5.03. The lowest BCUT2D eigenvalue weighted by Gasteiger charge is -2.21. The zero-order valence-corrected chi connectivity index (χ0v) is 33.9. The van der Waals surface area contributed by atoms with Gasteiger partial charge in [-0.2, -0.15) is 40.2 Å². The molecule has 4 aromatic carbocycles. The lowest BCUT2D eigenvalue weighted by Crippen LogP contribution is -2.23. The molecule has 0 aliphatic carbocycles. The number of alkyl halides is 2. The average molecular weight is 965 g/mol. The van der Waals surface area contributed by atoms with Crippen LogP contribution in [0.3, 0.4) is 0 Å². The maximum atomic E-state index is 12.7. The summed E-state index contributed by atoms with van der Waals surface area (Å²) in [6.07, 6.45) is 0. The van der Waals surface area contributed by atoms with Crippen molar-refractivity contribution in [1.82, 2.24) is 15.0 Å². The molecule has 0 aliphatic heterocycles. The molecule has 5 aromatic rings. The normalized spacial score (nSPS) is 12.9. The number of aromatic nitrogens is 3. The van der Waals surface area contributed by atoms with Gasteiger partial charge in [-0.05, 0) is 67.1 Å². The number of hydrogen-bond acceptors (Lipinski definition) is 15. The number of carbonyl (C=O) groups excluding carboxylic acids is 1. The monoisotopic (exact) mass is 962 g/mol. The Balaban J connectivity index is 1.74. The van der Waals surface area contributed by atoms with E-state index >= 15 is 0 Å². The fraction of sp³-hybridized carbons (Fsp3) is 0.133. The second-order valence-corrected chi connectivity index (χ2v) is 17.2. The van der Waals surface area contributed by atoms with Gasteiger partial charge in [-0.1, -0.05) is 50.1 Å². The summed E-state index contributed by atoms with van der Waals surface area (Å²) in [4.78, 5) is 22.9. The van der Waals surface area contributed by atoms with Crippen molar-refractivity contribution in [2.24, 2.45) is 10.2 Å². The zero-order chi connectivity index (χ0) is 40.5. The number of nitrogens with zero attached hydrogens (tertiary/aromatic N) is 6. The van der Waals surface area contributed by atoms with Gasteiger partial charge in [0.1, 0.15) is 30.9 Å². The lowest BCUT2D eigenvalue weighted by molar-refractivity contribution is -0.115. The average Bonchev–Trinajstić information content (AvgIpc) is 3.10. The van der Waals surface area contributed by atoms with Crippen molar-refractivity contribution in [3.63, 3.8) is 0 Å². The zero-order valence-electron chi connectivity index (χ0n) is 27.5. The minimum Gasteiger partial charge on any atom is -0.505 e. The van der Waals surface area contributed by atoms with E-state index < -0.39 is 83.7 Å². The van der Waals surface area contributed by atoms with E-state index in [0.717, 1.165) is 30.3 Å². The van der Waals surface area contributed by atoms with Gasteiger partial charge in [0, 0.05) is 28.6 Å². The molecule has 19 nitrogen and oxygen atoms in total. The Morgan fingerprint density at radius 2 is 1.51 bits per heavy atom. The topological polar surface area (TPSA) is 291 Å². The number of azo groups is 1. The molecule has 0 fully saturated rings. The number of nitrogens with one attached hydrogen (secondary N) is 2. The Labute approximate surface area is 334 Å². The number of phenolic OH excluding ortho intramolecular Hbond substituents is 1. The number of amides is 1. The SMILES string of the molecule is CCN(c1ccccc1)c1nc(Cl)nc(Nc2ccc(S(=O)(=O)O)c3cc(S(=O)(=O)O)c(N=Nc4cc(NC(=O)C(Br)CBr)ccc4S(=O)(=O)O)c(O)c23)n1. The third-order valence-corrected chi connectivity index (χ3v) is 12.5.